The van der Waals surface area contributed by atoms with Crippen molar-refractivity contribution >= 4 is 23.8 Å². The minimum Gasteiger partial charge on any atom is -0.481 e. The van der Waals surface area contributed by atoms with Gasteiger partial charge < -0.3 is 26.6 Å². The lowest BCUT2D eigenvalue weighted by molar-refractivity contribution is -0.142. The highest BCUT2D eigenvalue weighted by atomic mass is 16.4. The molecule has 0 heterocycles. The molecule has 1 atom stereocenters. The molecular formula is C10H17N3O6. The number of nitrogens with two attached hydrogens (primary N) is 1. The third kappa shape index (κ3) is 8.55. The van der Waals surface area contributed by atoms with Gasteiger partial charge in [-0.25, -0.2) is 4.79 Å². The summed E-state index contributed by atoms with van der Waals surface area (Å²) < 4.78 is 0. The first-order chi connectivity index (χ1) is 8.86. The molecule has 2 amide bonds. The van der Waals surface area contributed by atoms with Crippen LogP contribution < -0.4 is 16.4 Å². The third-order valence-corrected chi connectivity index (χ3v) is 2.15. The summed E-state index contributed by atoms with van der Waals surface area (Å²) in [7, 11) is 0. The van der Waals surface area contributed by atoms with Gasteiger partial charge in [0.15, 0.2) is 0 Å². The van der Waals surface area contributed by atoms with E-state index < -0.39 is 29.8 Å². The number of carboxylic acids is 2. The fourth-order valence-electron chi connectivity index (χ4n) is 1.21. The lowest BCUT2D eigenvalue weighted by Crippen LogP contribution is -2.46. The SMILES string of the molecule is NCC(=O)NCC(=O)NC(CCCC(=O)O)C(=O)O. The predicted octanol–water partition coefficient (Wildman–Crippen LogP) is -2.11. The summed E-state index contributed by atoms with van der Waals surface area (Å²) in [4.78, 5) is 43.2. The monoisotopic (exact) mass is 275 g/mol. The summed E-state index contributed by atoms with van der Waals surface area (Å²) >= 11 is 0. The van der Waals surface area contributed by atoms with Crippen LogP contribution in [0.15, 0.2) is 0 Å². The van der Waals surface area contributed by atoms with E-state index in [4.69, 9.17) is 15.9 Å². The van der Waals surface area contributed by atoms with E-state index in [-0.39, 0.29) is 32.4 Å². The fourth-order valence-corrected chi connectivity index (χ4v) is 1.21. The Balaban J connectivity index is 4.11. The van der Waals surface area contributed by atoms with E-state index in [2.05, 4.69) is 10.6 Å². The number of carboxylic acid groups (broad SMARTS) is 2. The average molecular weight is 275 g/mol. The van der Waals surface area contributed by atoms with E-state index in [1.807, 2.05) is 0 Å². The summed E-state index contributed by atoms with van der Waals surface area (Å²) in [6.45, 7) is -0.646. The Hall–Kier alpha value is -2.16. The van der Waals surface area contributed by atoms with Gasteiger partial charge in [-0.15, -0.1) is 0 Å². The van der Waals surface area contributed by atoms with E-state index >= 15 is 0 Å². The zero-order valence-corrected chi connectivity index (χ0v) is 10.2. The minimum absolute atomic E-state index is 0.00178. The lowest BCUT2D eigenvalue weighted by Gasteiger charge is -2.14. The Morgan fingerprint density at radius 1 is 1.11 bits per heavy atom. The van der Waals surface area contributed by atoms with Crippen LogP contribution in [0.1, 0.15) is 19.3 Å². The molecule has 9 nitrogen and oxygen atoms in total. The maximum absolute atomic E-state index is 11.3. The van der Waals surface area contributed by atoms with Crippen molar-refractivity contribution in [3.63, 3.8) is 0 Å². The zero-order chi connectivity index (χ0) is 14.8. The van der Waals surface area contributed by atoms with Crippen LogP contribution in [0.5, 0.6) is 0 Å². The standard InChI is InChI=1S/C10H17N3O6/c11-4-7(14)12-5-8(15)13-6(10(18)19)2-1-3-9(16)17/h6H,1-5,11H2,(H,12,14)(H,13,15)(H,16,17)(H,18,19). The van der Waals surface area contributed by atoms with Crippen molar-refractivity contribution in [2.24, 2.45) is 5.73 Å². The Kier molecular flexibility index (Phi) is 7.85. The van der Waals surface area contributed by atoms with Crippen LogP contribution in [-0.4, -0.2) is 53.1 Å². The van der Waals surface area contributed by atoms with Crippen molar-refractivity contribution in [3.8, 4) is 0 Å². The van der Waals surface area contributed by atoms with Crippen molar-refractivity contribution < 1.29 is 29.4 Å². The number of aliphatic carboxylic acids is 2. The number of rotatable bonds is 9. The molecule has 19 heavy (non-hydrogen) atoms. The van der Waals surface area contributed by atoms with Gasteiger partial charge in [0.25, 0.3) is 0 Å². The van der Waals surface area contributed by atoms with Gasteiger partial charge in [0.1, 0.15) is 6.04 Å². The zero-order valence-electron chi connectivity index (χ0n) is 10.2. The van der Waals surface area contributed by atoms with Crippen LogP contribution in [0.2, 0.25) is 0 Å². The van der Waals surface area contributed by atoms with Crippen molar-refractivity contribution in [2.75, 3.05) is 13.1 Å². The quantitative estimate of drug-likeness (QED) is 0.322. The Labute approximate surface area is 109 Å². The molecule has 0 aromatic heterocycles. The highest BCUT2D eigenvalue weighted by Crippen LogP contribution is 2.01. The molecule has 0 spiro atoms. The van der Waals surface area contributed by atoms with E-state index in [0.29, 0.717) is 0 Å². The van der Waals surface area contributed by atoms with Gasteiger partial charge in [0, 0.05) is 6.42 Å². The molecule has 0 bridgehead atoms. The van der Waals surface area contributed by atoms with Crippen molar-refractivity contribution in [3.05, 3.63) is 0 Å². The van der Waals surface area contributed by atoms with Gasteiger partial charge in [-0.05, 0) is 12.8 Å². The van der Waals surface area contributed by atoms with Crippen molar-refractivity contribution in [2.45, 2.75) is 25.3 Å². The van der Waals surface area contributed by atoms with E-state index in [1.54, 1.807) is 0 Å². The molecule has 0 saturated heterocycles. The van der Waals surface area contributed by atoms with Crippen molar-refractivity contribution in [1.82, 2.24) is 10.6 Å². The summed E-state index contributed by atoms with van der Waals surface area (Å²) in [5.74, 6) is -3.51. The second-order valence-corrected chi connectivity index (χ2v) is 3.73. The van der Waals surface area contributed by atoms with Crippen LogP contribution in [-0.2, 0) is 19.2 Å². The van der Waals surface area contributed by atoms with Gasteiger partial charge in [-0.1, -0.05) is 0 Å². The van der Waals surface area contributed by atoms with Crippen LogP contribution in [0, 0.1) is 0 Å². The number of carbonyl (C=O) groups excluding carboxylic acids is 2. The Bertz CT molecular complexity index is 357. The summed E-state index contributed by atoms with van der Waals surface area (Å²) in [5, 5.41) is 21.6. The van der Waals surface area contributed by atoms with E-state index in [0.717, 1.165) is 0 Å². The molecule has 0 saturated carbocycles. The second-order valence-electron chi connectivity index (χ2n) is 3.73. The maximum atomic E-state index is 11.3. The topological polar surface area (TPSA) is 159 Å². The molecule has 0 fully saturated rings. The van der Waals surface area contributed by atoms with Crippen molar-refractivity contribution in [1.29, 1.82) is 0 Å². The molecule has 0 aliphatic rings. The first-order valence-corrected chi connectivity index (χ1v) is 5.57. The smallest absolute Gasteiger partial charge is 0.326 e. The van der Waals surface area contributed by atoms with E-state index in [1.165, 1.54) is 0 Å². The third-order valence-electron chi connectivity index (χ3n) is 2.15. The lowest BCUT2D eigenvalue weighted by atomic mass is 10.1. The molecule has 108 valence electrons. The molecule has 0 aromatic carbocycles. The largest absolute Gasteiger partial charge is 0.481 e. The minimum atomic E-state index is -1.26. The molecule has 0 aliphatic carbocycles. The molecule has 0 aromatic rings. The molecule has 0 aliphatic heterocycles. The number of amides is 2. The summed E-state index contributed by atoms with van der Waals surface area (Å²) in [6.07, 6.45) is -0.0521. The number of hydrogen-bond donors (Lipinski definition) is 5. The first-order valence-electron chi connectivity index (χ1n) is 5.57. The van der Waals surface area contributed by atoms with Crippen LogP contribution in [0.4, 0.5) is 0 Å². The maximum Gasteiger partial charge on any atom is 0.326 e. The van der Waals surface area contributed by atoms with Gasteiger partial charge in [0.2, 0.25) is 11.8 Å². The highest BCUT2D eigenvalue weighted by molar-refractivity contribution is 5.88. The van der Waals surface area contributed by atoms with E-state index in [9.17, 15) is 19.2 Å². The van der Waals surface area contributed by atoms with Gasteiger partial charge in [-0.2, -0.15) is 0 Å². The fraction of sp³-hybridized carbons (Fsp3) is 0.600. The van der Waals surface area contributed by atoms with Crippen LogP contribution >= 0.6 is 0 Å². The number of hydrogen-bond acceptors (Lipinski definition) is 5. The molecule has 6 N–H and O–H groups in total. The van der Waals surface area contributed by atoms with Crippen LogP contribution in [0.3, 0.4) is 0 Å². The summed E-state index contributed by atoms with van der Waals surface area (Å²) in [6, 6.07) is -1.18. The van der Waals surface area contributed by atoms with Gasteiger partial charge >= 0.3 is 11.9 Å². The average Bonchev–Trinajstić information content (AvgIpc) is 2.34. The highest BCUT2D eigenvalue weighted by Gasteiger charge is 2.19. The molecular weight excluding hydrogens is 258 g/mol. The van der Waals surface area contributed by atoms with Gasteiger partial charge in [0.05, 0.1) is 13.1 Å². The first kappa shape index (κ1) is 16.8. The predicted molar refractivity (Wildman–Crippen MR) is 63.1 cm³/mol. The second kappa shape index (κ2) is 8.86. The summed E-state index contributed by atoms with van der Waals surface area (Å²) in [5.41, 5.74) is 5.01. The molecule has 1 unspecified atom stereocenters. The molecule has 9 heteroatoms. The molecule has 0 radical (unpaired) electrons. The van der Waals surface area contributed by atoms with Gasteiger partial charge in [-0.3, -0.25) is 14.4 Å². The normalized spacial score (nSPS) is 11.4. The number of carbonyl (C=O) groups is 4. The number of nitrogens with one attached hydrogen (secondary N) is 2. The Morgan fingerprint density at radius 3 is 2.21 bits per heavy atom. The molecule has 0 rings (SSSR count). The van der Waals surface area contributed by atoms with Crippen LogP contribution in [0.25, 0.3) is 0 Å². The Morgan fingerprint density at radius 2 is 1.74 bits per heavy atom.